The summed E-state index contributed by atoms with van der Waals surface area (Å²) in [4.78, 5) is 12.2. The molecule has 2 aromatic carbocycles. The zero-order chi connectivity index (χ0) is 19.5. The highest BCUT2D eigenvalue weighted by atomic mass is 16.5. The van der Waals surface area contributed by atoms with E-state index in [0.717, 1.165) is 42.4 Å². The predicted molar refractivity (Wildman–Crippen MR) is 110 cm³/mol. The van der Waals surface area contributed by atoms with Gasteiger partial charge in [-0.1, -0.05) is 87.7 Å². The Morgan fingerprint density at radius 2 is 1.74 bits per heavy atom. The number of benzene rings is 2. The first-order valence-electron chi connectivity index (χ1n) is 9.62. The smallest absolute Gasteiger partial charge is 0.348 e. The van der Waals surface area contributed by atoms with Crippen molar-refractivity contribution in [3.63, 3.8) is 0 Å². The number of carbonyl (C=O) groups is 1. The lowest BCUT2D eigenvalue weighted by Gasteiger charge is -2.14. The summed E-state index contributed by atoms with van der Waals surface area (Å²) >= 11 is 0. The highest BCUT2D eigenvalue weighted by Gasteiger charge is 2.14. The van der Waals surface area contributed by atoms with Gasteiger partial charge in [-0.05, 0) is 35.1 Å². The van der Waals surface area contributed by atoms with E-state index >= 15 is 0 Å². The van der Waals surface area contributed by atoms with E-state index in [0.29, 0.717) is 12.5 Å². The fourth-order valence-electron chi connectivity index (χ4n) is 2.88. The van der Waals surface area contributed by atoms with Crippen LogP contribution in [0.15, 0.2) is 60.2 Å². The van der Waals surface area contributed by atoms with Crippen molar-refractivity contribution in [1.29, 1.82) is 5.26 Å². The number of esters is 1. The van der Waals surface area contributed by atoms with E-state index in [2.05, 4.69) is 13.8 Å². The van der Waals surface area contributed by atoms with Crippen LogP contribution in [0.25, 0.3) is 17.2 Å². The molecule has 0 saturated carbocycles. The molecule has 0 radical (unpaired) electrons. The molecule has 2 rings (SSSR count). The Labute approximate surface area is 162 Å². The standard InChI is InChI=1S/C24H27NO2/c1-3-5-9-19(4-2)18-27-24(26)23(17-25)16-20-12-14-22(15-13-20)21-10-7-6-8-11-21/h6-8,10-16,19H,3-5,9,18H2,1-2H3. The summed E-state index contributed by atoms with van der Waals surface area (Å²) in [6, 6.07) is 19.8. The van der Waals surface area contributed by atoms with Crippen LogP contribution in [0.5, 0.6) is 0 Å². The van der Waals surface area contributed by atoms with Gasteiger partial charge in [-0.15, -0.1) is 0 Å². The van der Waals surface area contributed by atoms with Crippen molar-refractivity contribution in [3.05, 3.63) is 65.7 Å². The summed E-state index contributed by atoms with van der Waals surface area (Å²) in [7, 11) is 0. The maximum absolute atomic E-state index is 12.2. The number of carbonyl (C=O) groups excluding carboxylic acids is 1. The highest BCUT2D eigenvalue weighted by molar-refractivity contribution is 5.97. The van der Waals surface area contributed by atoms with E-state index in [1.807, 2.05) is 60.7 Å². The maximum atomic E-state index is 12.2. The molecule has 2 aromatic rings. The molecule has 0 fully saturated rings. The Morgan fingerprint density at radius 3 is 2.33 bits per heavy atom. The van der Waals surface area contributed by atoms with E-state index in [4.69, 9.17) is 4.74 Å². The topological polar surface area (TPSA) is 50.1 Å². The van der Waals surface area contributed by atoms with E-state index < -0.39 is 5.97 Å². The largest absolute Gasteiger partial charge is 0.461 e. The number of nitrogens with zero attached hydrogens (tertiary/aromatic N) is 1. The molecule has 27 heavy (non-hydrogen) atoms. The number of hydrogen-bond donors (Lipinski definition) is 0. The summed E-state index contributed by atoms with van der Waals surface area (Å²) < 4.78 is 5.38. The zero-order valence-corrected chi connectivity index (χ0v) is 16.2. The third kappa shape index (κ3) is 6.42. The molecule has 0 saturated heterocycles. The molecule has 3 heteroatoms. The number of rotatable bonds is 9. The van der Waals surface area contributed by atoms with Gasteiger partial charge in [-0.3, -0.25) is 0 Å². The van der Waals surface area contributed by atoms with Crippen LogP contribution in [0.4, 0.5) is 0 Å². The summed E-state index contributed by atoms with van der Waals surface area (Å²) in [5, 5.41) is 9.34. The number of nitriles is 1. The highest BCUT2D eigenvalue weighted by Crippen LogP contribution is 2.20. The molecular formula is C24H27NO2. The number of hydrogen-bond acceptors (Lipinski definition) is 3. The van der Waals surface area contributed by atoms with Crippen molar-refractivity contribution >= 4 is 12.0 Å². The van der Waals surface area contributed by atoms with Crippen LogP contribution >= 0.6 is 0 Å². The van der Waals surface area contributed by atoms with Crippen molar-refractivity contribution in [3.8, 4) is 17.2 Å². The second kappa shape index (κ2) is 11.0. The van der Waals surface area contributed by atoms with Crippen molar-refractivity contribution < 1.29 is 9.53 Å². The molecule has 0 heterocycles. The SMILES string of the molecule is CCCCC(CC)COC(=O)C(C#N)=Cc1ccc(-c2ccccc2)cc1. The third-order valence-corrected chi connectivity index (χ3v) is 4.66. The molecule has 0 spiro atoms. The Bertz CT molecular complexity index is 785. The van der Waals surface area contributed by atoms with Gasteiger partial charge in [0.25, 0.3) is 0 Å². The first kappa shape index (κ1) is 20.5. The van der Waals surface area contributed by atoms with Crippen molar-refractivity contribution in [1.82, 2.24) is 0 Å². The van der Waals surface area contributed by atoms with Crippen molar-refractivity contribution in [2.24, 2.45) is 5.92 Å². The molecule has 0 bridgehead atoms. The van der Waals surface area contributed by atoms with E-state index in [1.165, 1.54) is 0 Å². The molecule has 0 aromatic heterocycles. The van der Waals surface area contributed by atoms with E-state index in [-0.39, 0.29) is 5.57 Å². The van der Waals surface area contributed by atoms with Gasteiger partial charge in [0.15, 0.2) is 0 Å². The third-order valence-electron chi connectivity index (χ3n) is 4.66. The van der Waals surface area contributed by atoms with Crippen LogP contribution < -0.4 is 0 Å². The lowest BCUT2D eigenvalue weighted by atomic mass is 10.0. The summed E-state index contributed by atoms with van der Waals surface area (Å²) in [6.07, 6.45) is 5.87. The Balaban J connectivity index is 2.02. The minimum absolute atomic E-state index is 0.0350. The minimum atomic E-state index is -0.542. The van der Waals surface area contributed by atoms with E-state index in [1.54, 1.807) is 6.08 Å². The van der Waals surface area contributed by atoms with Crippen LogP contribution in [-0.2, 0) is 9.53 Å². The Kier molecular flexibility index (Phi) is 8.32. The fraction of sp³-hybridized carbons (Fsp3) is 0.333. The lowest BCUT2D eigenvalue weighted by Crippen LogP contribution is -2.14. The van der Waals surface area contributed by atoms with Gasteiger partial charge in [0.05, 0.1) is 6.61 Å². The molecule has 0 N–H and O–H groups in total. The van der Waals surface area contributed by atoms with E-state index in [9.17, 15) is 10.1 Å². The molecule has 1 unspecified atom stereocenters. The van der Waals surface area contributed by atoms with Gasteiger partial charge < -0.3 is 4.74 Å². The average Bonchev–Trinajstić information content (AvgIpc) is 2.73. The van der Waals surface area contributed by atoms with Gasteiger partial charge in [0.1, 0.15) is 11.6 Å². The molecule has 0 amide bonds. The van der Waals surface area contributed by atoms with Gasteiger partial charge >= 0.3 is 5.97 Å². The number of unbranched alkanes of at least 4 members (excludes halogenated alkanes) is 1. The molecule has 0 aliphatic rings. The first-order chi connectivity index (χ1) is 13.2. The van der Waals surface area contributed by atoms with Crippen molar-refractivity contribution in [2.75, 3.05) is 6.61 Å². The van der Waals surface area contributed by atoms with Gasteiger partial charge in [0, 0.05) is 0 Å². The Morgan fingerprint density at radius 1 is 1.07 bits per heavy atom. The van der Waals surface area contributed by atoms with Crippen LogP contribution in [0.1, 0.15) is 45.1 Å². The quantitative estimate of drug-likeness (QED) is 0.312. The molecule has 0 aliphatic carbocycles. The van der Waals surface area contributed by atoms with Gasteiger partial charge in [-0.25, -0.2) is 4.79 Å². The van der Waals surface area contributed by atoms with Crippen LogP contribution in [0.3, 0.4) is 0 Å². The normalized spacial score (nSPS) is 12.3. The van der Waals surface area contributed by atoms with Crippen LogP contribution in [-0.4, -0.2) is 12.6 Å². The van der Waals surface area contributed by atoms with Gasteiger partial charge in [-0.2, -0.15) is 5.26 Å². The monoisotopic (exact) mass is 361 g/mol. The maximum Gasteiger partial charge on any atom is 0.348 e. The predicted octanol–water partition coefficient (Wildman–Crippen LogP) is 6.02. The fourth-order valence-corrected chi connectivity index (χ4v) is 2.88. The van der Waals surface area contributed by atoms with Crippen molar-refractivity contribution in [2.45, 2.75) is 39.5 Å². The Hall–Kier alpha value is -2.86. The second-order valence-electron chi connectivity index (χ2n) is 6.67. The average molecular weight is 361 g/mol. The van der Waals surface area contributed by atoms with Crippen LogP contribution in [0.2, 0.25) is 0 Å². The minimum Gasteiger partial charge on any atom is -0.461 e. The zero-order valence-electron chi connectivity index (χ0n) is 16.2. The molecule has 0 aliphatic heterocycles. The molecule has 140 valence electrons. The summed E-state index contributed by atoms with van der Waals surface area (Å²) in [5.74, 6) is -0.182. The summed E-state index contributed by atoms with van der Waals surface area (Å²) in [6.45, 7) is 4.63. The molecular weight excluding hydrogens is 334 g/mol. The first-order valence-corrected chi connectivity index (χ1v) is 9.62. The van der Waals surface area contributed by atoms with Crippen LogP contribution in [0, 0.1) is 17.2 Å². The second-order valence-corrected chi connectivity index (χ2v) is 6.67. The summed E-state index contributed by atoms with van der Waals surface area (Å²) in [5.41, 5.74) is 3.06. The lowest BCUT2D eigenvalue weighted by molar-refractivity contribution is -0.139. The number of ether oxygens (including phenoxy) is 1. The van der Waals surface area contributed by atoms with Gasteiger partial charge in [0.2, 0.25) is 0 Å². The molecule has 3 nitrogen and oxygen atoms in total. The molecule has 1 atom stereocenters.